The predicted octanol–water partition coefficient (Wildman–Crippen LogP) is 3.40. The minimum absolute atomic E-state index is 0.169. The van der Waals surface area contributed by atoms with Crippen molar-refractivity contribution in [2.24, 2.45) is 0 Å². The van der Waals surface area contributed by atoms with Gasteiger partial charge in [0.2, 0.25) is 0 Å². The van der Waals surface area contributed by atoms with Crippen molar-refractivity contribution in [3.05, 3.63) is 16.1 Å². The molecule has 1 aromatic heterocycles. The Hall–Kier alpha value is -0.450. The molecule has 114 valence electrons. The quantitative estimate of drug-likeness (QED) is 0.923. The largest absolute Gasteiger partial charge is 0.311 e. The van der Waals surface area contributed by atoms with E-state index in [0.717, 1.165) is 19.6 Å². The molecule has 0 radical (unpaired) electrons. The van der Waals surface area contributed by atoms with Crippen molar-refractivity contribution in [2.75, 3.05) is 13.1 Å². The van der Waals surface area contributed by atoms with E-state index >= 15 is 0 Å². The Morgan fingerprint density at radius 1 is 1.35 bits per heavy atom. The zero-order valence-electron chi connectivity index (χ0n) is 13.6. The summed E-state index contributed by atoms with van der Waals surface area (Å²) < 4.78 is 0. The molecule has 2 heterocycles. The molecule has 2 rings (SSSR count). The number of hydrogen-bond acceptors (Lipinski definition) is 4. The van der Waals surface area contributed by atoms with Crippen LogP contribution in [-0.2, 0) is 12.0 Å². The molecule has 0 bridgehead atoms. The van der Waals surface area contributed by atoms with E-state index in [-0.39, 0.29) is 5.41 Å². The third-order valence-corrected chi connectivity index (χ3v) is 5.45. The third-order valence-electron chi connectivity index (χ3n) is 4.14. The summed E-state index contributed by atoms with van der Waals surface area (Å²) in [5, 5.41) is 7.15. The van der Waals surface area contributed by atoms with E-state index in [1.165, 1.54) is 23.5 Å². The highest BCUT2D eigenvalue weighted by atomic mass is 32.1. The summed E-state index contributed by atoms with van der Waals surface area (Å²) in [5.41, 5.74) is 1.41. The van der Waals surface area contributed by atoms with Crippen LogP contribution in [0.15, 0.2) is 5.38 Å². The molecular weight excluding hydrogens is 266 g/mol. The summed E-state index contributed by atoms with van der Waals surface area (Å²) in [7, 11) is 0. The van der Waals surface area contributed by atoms with Crippen LogP contribution in [0.4, 0.5) is 0 Å². The van der Waals surface area contributed by atoms with Crippen molar-refractivity contribution in [1.29, 1.82) is 0 Å². The molecule has 1 aliphatic heterocycles. The molecule has 20 heavy (non-hydrogen) atoms. The zero-order valence-corrected chi connectivity index (χ0v) is 14.4. The van der Waals surface area contributed by atoms with Crippen molar-refractivity contribution >= 4 is 11.3 Å². The summed E-state index contributed by atoms with van der Waals surface area (Å²) in [6.07, 6.45) is 2.41. The van der Waals surface area contributed by atoms with Crippen molar-refractivity contribution in [3.63, 3.8) is 0 Å². The first-order valence-corrected chi connectivity index (χ1v) is 8.74. The smallest absolute Gasteiger partial charge is 0.0982 e. The Balaban J connectivity index is 2.04. The molecule has 1 fully saturated rings. The lowest BCUT2D eigenvalue weighted by Gasteiger charge is -2.39. The van der Waals surface area contributed by atoms with E-state index in [4.69, 9.17) is 4.98 Å². The van der Waals surface area contributed by atoms with Crippen molar-refractivity contribution in [3.8, 4) is 0 Å². The van der Waals surface area contributed by atoms with Crippen LogP contribution in [0.25, 0.3) is 0 Å². The second-order valence-electron chi connectivity index (χ2n) is 6.90. The lowest BCUT2D eigenvalue weighted by Crippen LogP contribution is -2.55. The average molecular weight is 295 g/mol. The molecule has 0 spiro atoms. The Morgan fingerprint density at radius 3 is 2.65 bits per heavy atom. The summed E-state index contributed by atoms with van der Waals surface area (Å²) >= 11 is 1.81. The van der Waals surface area contributed by atoms with E-state index in [9.17, 15) is 0 Å². The van der Waals surface area contributed by atoms with Crippen molar-refractivity contribution in [2.45, 2.75) is 71.5 Å². The number of aromatic nitrogens is 1. The van der Waals surface area contributed by atoms with Crippen LogP contribution < -0.4 is 5.32 Å². The maximum atomic E-state index is 4.85. The van der Waals surface area contributed by atoms with Crippen LogP contribution in [-0.4, -0.2) is 35.1 Å². The van der Waals surface area contributed by atoms with Gasteiger partial charge >= 0.3 is 0 Å². The van der Waals surface area contributed by atoms with Gasteiger partial charge in [-0.3, -0.25) is 4.90 Å². The highest BCUT2D eigenvalue weighted by molar-refractivity contribution is 7.09. The maximum absolute atomic E-state index is 4.85. The topological polar surface area (TPSA) is 28.2 Å². The first-order chi connectivity index (χ1) is 9.44. The molecule has 0 saturated carbocycles. The van der Waals surface area contributed by atoms with Gasteiger partial charge in [0.15, 0.2) is 0 Å². The summed E-state index contributed by atoms with van der Waals surface area (Å²) in [5.74, 6) is 0. The van der Waals surface area contributed by atoms with E-state index in [1.54, 1.807) is 0 Å². The fourth-order valence-electron chi connectivity index (χ4n) is 2.73. The molecule has 1 N–H and O–H groups in total. The molecule has 0 aromatic carbocycles. The van der Waals surface area contributed by atoms with E-state index < -0.39 is 0 Å². The maximum Gasteiger partial charge on any atom is 0.0982 e. The summed E-state index contributed by atoms with van der Waals surface area (Å²) in [4.78, 5) is 7.47. The van der Waals surface area contributed by atoms with Crippen molar-refractivity contribution in [1.82, 2.24) is 15.2 Å². The summed E-state index contributed by atoms with van der Waals surface area (Å²) in [6.45, 7) is 14.5. The fraction of sp³-hybridized carbons (Fsp3) is 0.812. The number of piperazine rings is 1. The molecule has 0 amide bonds. The molecular formula is C16H29N3S. The van der Waals surface area contributed by atoms with Crippen LogP contribution in [0.3, 0.4) is 0 Å². The second kappa shape index (κ2) is 6.54. The Morgan fingerprint density at radius 2 is 2.10 bits per heavy atom. The number of rotatable bonds is 4. The monoisotopic (exact) mass is 295 g/mol. The van der Waals surface area contributed by atoms with E-state index in [2.05, 4.69) is 50.2 Å². The summed E-state index contributed by atoms with van der Waals surface area (Å²) in [6, 6.07) is 1.29. The first-order valence-electron chi connectivity index (χ1n) is 7.86. The van der Waals surface area contributed by atoms with Crippen LogP contribution in [0, 0.1) is 0 Å². The number of nitrogens with zero attached hydrogens (tertiary/aromatic N) is 2. The standard InChI is InChI=1S/C16H29N3S/c1-6-12-9-19(14(7-2)8-17-12)10-13-11-20-15(18-13)16(3,4)5/h11-12,14,17H,6-10H2,1-5H3. The minimum atomic E-state index is 0.169. The molecule has 1 saturated heterocycles. The second-order valence-corrected chi connectivity index (χ2v) is 7.76. The SMILES string of the molecule is CCC1CN(Cc2csc(C(C)(C)C)n2)C(CC)CN1. The predicted molar refractivity (Wildman–Crippen MR) is 87.4 cm³/mol. The Kier molecular flexibility index (Phi) is 5.21. The number of thiazole rings is 1. The highest BCUT2D eigenvalue weighted by Gasteiger charge is 2.27. The Bertz CT molecular complexity index is 422. The molecule has 1 aliphatic rings. The molecule has 1 aromatic rings. The van der Waals surface area contributed by atoms with Gasteiger partial charge in [0.25, 0.3) is 0 Å². The van der Waals surface area contributed by atoms with Gasteiger partial charge in [0.1, 0.15) is 0 Å². The van der Waals surface area contributed by atoms with Gasteiger partial charge in [0, 0.05) is 42.5 Å². The molecule has 0 aliphatic carbocycles. The van der Waals surface area contributed by atoms with Gasteiger partial charge in [-0.15, -0.1) is 11.3 Å². The first kappa shape index (κ1) is 15.9. The number of nitrogens with one attached hydrogen (secondary N) is 1. The molecule has 2 unspecified atom stereocenters. The van der Waals surface area contributed by atoms with Gasteiger partial charge < -0.3 is 5.32 Å². The van der Waals surface area contributed by atoms with Gasteiger partial charge in [-0.2, -0.15) is 0 Å². The highest BCUT2D eigenvalue weighted by Crippen LogP contribution is 2.26. The zero-order chi connectivity index (χ0) is 14.8. The lowest BCUT2D eigenvalue weighted by molar-refractivity contribution is 0.116. The van der Waals surface area contributed by atoms with Gasteiger partial charge in [-0.1, -0.05) is 34.6 Å². The van der Waals surface area contributed by atoms with E-state index in [1.807, 2.05) is 11.3 Å². The van der Waals surface area contributed by atoms with Crippen molar-refractivity contribution < 1.29 is 0 Å². The average Bonchev–Trinajstić information content (AvgIpc) is 2.87. The van der Waals surface area contributed by atoms with Crippen LogP contribution in [0.2, 0.25) is 0 Å². The number of hydrogen-bond donors (Lipinski definition) is 1. The van der Waals surface area contributed by atoms with Gasteiger partial charge in [0.05, 0.1) is 10.7 Å². The van der Waals surface area contributed by atoms with Gasteiger partial charge in [-0.25, -0.2) is 4.98 Å². The minimum Gasteiger partial charge on any atom is -0.311 e. The van der Waals surface area contributed by atoms with Crippen LogP contribution >= 0.6 is 11.3 Å². The Labute approximate surface area is 127 Å². The normalized spacial score (nSPS) is 25.1. The lowest BCUT2D eigenvalue weighted by atomic mass is 9.98. The van der Waals surface area contributed by atoms with Crippen LogP contribution in [0.5, 0.6) is 0 Å². The van der Waals surface area contributed by atoms with Crippen LogP contribution in [0.1, 0.15) is 58.2 Å². The third kappa shape index (κ3) is 3.80. The molecule has 4 heteroatoms. The molecule has 3 nitrogen and oxygen atoms in total. The van der Waals surface area contributed by atoms with E-state index in [0.29, 0.717) is 12.1 Å². The molecule has 2 atom stereocenters. The fourth-order valence-corrected chi connectivity index (χ4v) is 3.63. The van der Waals surface area contributed by atoms with Gasteiger partial charge in [-0.05, 0) is 12.8 Å².